The largest absolute Gasteiger partial charge is 0.508 e. The van der Waals surface area contributed by atoms with Gasteiger partial charge in [-0.25, -0.2) is 0 Å². The molecule has 1 heterocycles. The summed E-state index contributed by atoms with van der Waals surface area (Å²) >= 11 is 0. The number of phenols is 1. The molecule has 0 aliphatic heterocycles. The summed E-state index contributed by atoms with van der Waals surface area (Å²) in [6, 6.07) is 6.95. The van der Waals surface area contributed by atoms with E-state index in [1.807, 2.05) is 13.0 Å². The molecule has 0 aliphatic rings. The maximum Gasteiger partial charge on any atom is 0.222 e. The van der Waals surface area contributed by atoms with Gasteiger partial charge < -0.3 is 15.4 Å². The maximum absolute atomic E-state index is 9.50. The Kier molecular flexibility index (Phi) is 2.33. The first-order valence-corrected chi connectivity index (χ1v) is 4.74. The van der Waals surface area contributed by atoms with Gasteiger partial charge in [0.05, 0.1) is 0 Å². The quantitative estimate of drug-likeness (QED) is 0.786. The number of benzene rings is 1. The van der Waals surface area contributed by atoms with Gasteiger partial charge in [-0.2, -0.15) is 0 Å². The van der Waals surface area contributed by atoms with Crippen LogP contribution in [0.4, 0.5) is 5.88 Å². The first-order valence-electron chi connectivity index (χ1n) is 4.74. The molecule has 4 heteroatoms. The molecule has 1 aromatic heterocycles. The number of rotatable bonds is 2. The van der Waals surface area contributed by atoms with Gasteiger partial charge in [-0.15, -0.1) is 0 Å². The molecule has 0 radical (unpaired) electrons. The second-order valence-corrected chi connectivity index (χ2v) is 3.36. The van der Waals surface area contributed by atoms with Crippen molar-refractivity contribution in [3.05, 3.63) is 29.8 Å². The Balaban J connectivity index is 2.48. The number of nitrogens with zero attached hydrogens (tertiary/aromatic N) is 1. The molecule has 0 bridgehead atoms. The summed E-state index contributed by atoms with van der Waals surface area (Å²) in [7, 11) is 0. The maximum atomic E-state index is 9.50. The van der Waals surface area contributed by atoms with E-state index in [2.05, 4.69) is 5.16 Å². The van der Waals surface area contributed by atoms with E-state index < -0.39 is 0 Å². The van der Waals surface area contributed by atoms with Gasteiger partial charge in [0.25, 0.3) is 0 Å². The zero-order valence-corrected chi connectivity index (χ0v) is 8.40. The fourth-order valence-corrected chi connectivity index (χ4v) is 1.45. The van der Waals surface area contributed by atoms with Crippen LogP contribution >= 0.6 is 0 Å². The molecule has 1 aromatic carbocycles. The van der Waals surface area contributed by atoms with Crippen LogP contribution < -0.4 is 5.73 Å². The van der Waals surface area contributed by atoms with E-state index in [1.54, 1.807) is 18.2 Å². The Bertz CT molecular complexity index is 477. The molecule has 0 saturated carbocycles. The lowest BCUT2D eigenvalue weighted by Gasteiger charge is -2.01. The molecular formula is C11H12N2O2. The van der Waals surface area contributed by atoms with Crippen molar-refractivity contribution in [2.45, 2.75) is 13.3 Å². The second kappa shape index (κ2) is 3.65. The second-order valence-electron chi connectivity index (χ2n) is 3.36. The lowest BCUT2D eigenvalue weighted by molar-refractivity contribution is 0.439. The predicted octanol–water partition coefficient (Wildman–Crippen LogP) is 2.19. The number of hydrogen-bond donors (Lipinski definition) is 2. The van der Waals surface area contributed by atoms with Crippen LogP contribution in [-0.4, -0.2) is 10.3 Å². The van der Waals surface area contributed by atoms with Gasteiger partial charge in [-0.1, -0.05) is 12.1 Å². The molecule has 0 aliphatic carbocycles. The third-order valence-corrected chi connectivity index (χ3v) is 2.21. The van der Waals surface area contributed by atoms with Gasteiger partial charge >= 0.3 is 0 Å². The fourth-order valence-electron chi connectivity index (χ4n) is 1.45. The minimum absolute atomic E-state index is 0.228. The first kappa shape index (κ1) is 9.58. The number of nitrogens with two attached hydrogens (primary N) is 1. The van der Waals surface area contributed by atoms with Crippen molar-refractivity contribution in [1.29, 1.82) is 0 Å². The van der Waals surface area contributed by atoms with Gasteiger partial charge in [0.1, 0.15) is 11.4 Å². The van der Waals surface area contributed by atoms with Crippen LogP contribution in [-0.2, 0) is 6.42 Å². The van der Waals surface area contributed by atoms with E-state index in [0.717, 1.165) is 17.5 Å². The summed E-state index contributed by atoms with van der Waals surface area (Å²) in [5.74, 6) is 0.498. The van der Waals surface area contributed by atoms with Crippen molar-refractivity contribution in [2.24, 2.45) is 0 Å². The van der Waals surface area contributed by atoms with Crippen molar-refractivity contribution in [2.75, 3.05) is 5.73 Å². The summed E-state index contributed by atoms with van der Waals surface area (Å²) in [6.07, 6.45) is 0.856. The lowest BCUT2D eigenvalue weighted by Crippen LogP contribution is -1.83. The molecule has 0 amide bonds. The third kappa shape index (κ3) is 1.93. The first-order chi connectivity index (χ1) is 7.19. The van der Waals surface area contributed by atoms with Crippen LogP contribution in [0.25, 0.3) is 11.3 Å². The van der Waals surface area contributed by atoms with Gasteiger partial charge in [0.2, 0.25) is 5.88 Å². The van der Waals surface area contributed by atoms with Gasteiger partial charge in [0, 0.05) is 11.6 Å². The number of hydrogen-bond acceptors (Lipinski definition) is 4. The number of phenolic OH excluding ortho intramolecular Hbond substituents is 1. The average Bonchev–Trinajstić information content (AvgIpc) is 2.64. The molecule has 2 aromatic rings. The van der Waals surface area contributed by atoms with Gasteiger partial charge in [0.15, 0.2) is 0 Å². The smallest absolute Gasteiger partial charge is 0.222 e. The van der Waals surface area contributed by atoms with Crippen LogP contribution in [0.15, 0.2) is 28.8 Å². The van der Waals surface area contributed by atoms with Crippen molar-refractivity contribution < 1.29 is 9.63 Å². The zero-order valence-electron chi connectivity index (χ0n) is 8.40. The number of aryl methyl sites for hydroxylation is 1. The highest BCUT2D eigenvalue weighted by molar-refractivity contribution is 5.64. The van der Waals surface area contributed by atoms with E-state index in [-0.39, 0.29) is 11.6 Å². The highest BCUT2D eigenvalue weighted by Crippen LogP contribution is 2.25. The van der Waals surface area contributed by atoms with Crippen LogP contribution in [0.3, 0.4) is 0 Å². The molecule has 3 N–H and O–H groups in total. The molecule has 0 atom stereocenters. The van der Waals surface area contributed by atoms with Crippen molar-refractivity contribution in [3.8, 4) is 17.0 Å². The molecule has 0 spiro atoms. The van der Waals surface area contributed by atoms with E-state index in [4.69, 9.17) is 10.3 Å². The van der Waals surface area contributed by atoms with Gasteiger partial charge in [-0.05, 0) is 30.2 Å². The van der Waals surface area contributed by atoms with Crippen LogP contribution in [0, 0.1) is 0 Å². The Hall–Kier alpha value is -1.97. The Labute approximate surface area is 87.3 Å². The molecular weight excluding hydrogens is 192 g/mol. The van der Waals surface area contributed by atoms with Crippen molar-refractivity contribution in [3.63, 3.8) is 0 Å². The highest BCUT2D eigenvalue weighted by Gasteiger charge is 2.06. The summed E-state index contributed by atoms with van der Waals surface area (Å²) in [5.41, 5.74) is 7.93. The van der Waals surface area contributed by atoms with E-state index in [9.17, 15) is 5.11 Å². The molecule has 0 fully saturated rings. The summed E-state index contributed by atoms with van der Waals surface area (Å²) in [4.78, 5) is 0. The highest BCUT2D eigenvalue weighted by atomic mass is 16.5. The molecule has 0 unspecified atom stereocenters. The summed E-state index contributed by atoms with van der Waals surface area (Å²) < 4.78 is 4.78. The third-order valence-electron chi connectivity index (χ3n) is 2.21. The minimum Gasteiger partial charge on any atom is -0.508 e. The number of anilines is 1. The molecule has 78 valence electrons. The average molecular weight is 204 g/mol. The Morgan fingerprint density at radius 1 is 1.33 bits per heavy atom. The van der Waals surface area contributed by atoms with E-state index >= 15 is 0 Å². The molecule has 2 rings (SSSR count). The Morgan fingerprint density at radius 3 is 2.73 bits per heavy atom. The fraction of sp³-hybridized carbons (Fsp3) is 0.182. The normalized spacial score (nSPS) is 10.5. The minimum atomic E-state index is 0.228. The summed E-state index contributed by atoms with van der Waals surface area (Å²) in [6.45, 7) is 2.02. The Morgan fingerprint density at radius 2 is 2.13 bits per heavy atom. The van der Waals surface area contributed by atoms with E-state index in [1.165, 1.54) is 0 Å². The zero-order chi connectivity index (χ0) is 10.8. The van der Waals surface area contributed by atoms with Crippen LogP contribution in [0.2, 0.25) is 0 Å². The van der Waals surface area contributed by atoms with Crippen molar-refractivity contribution >= 4 is 5.88 Å². The molecule has 0 saturated heterocycles. The van der Waals surface area contributed by atoms with Gasteiger partial charge in [-0.3, -0.25) is 0 Å². The predicted molar refractivity (Wildman–Crippen MR) is 57.4 cm³/mol. The topological polar surface area (TPSA) is 72.3 Å². The number of nitrogen functional groups attached to an aromatic ring is 1. The van der Waals surface area contributed by atoms with E-state index in [0.29, 0.717) is 5.69 Å². The molecule has 15 heavy (non-hydrogen) atoms. The standard InChI is InChI=1S/C11H12N2O2/c1-2-7-3-8(5-9(14)4-7)10-6-11(12)15-13-10/h3-6,14H,2,12H2,1H3. The SMILES string of the molecule is CCc1cc(O)cc(-c2cc(N)on2)c1. The van der Waals surface area contributed by atoms with Crippen LogP contribution in [0.1, 0.15) is 12.5 Å². The molecule has 4 nitrogen and oxygen atoms in total. The monoisotopic (exact) mass is 204 g/mol. The number of aromatic nitrogens is 1. The lowest BCUT2D eigenvalue weighted by atomic mass is 10.1. The number of aromatic hydroxyl groups is 1. The summed E-state index contributed by atoms with van der Waals surface area (Å²) in [5, 5.41) is 13.3. The van der Waals surface area contributed by atoms with Crippen molar-refractivity contribution in [1.82, 2.24) is 5.16 Å². The van der Waals surface area contributed by atoms with Crippen LogP contribution in [0.5, 0.6) is 5.75 Å².